The molecule has 0 amide bonds. The fourth-order valence-electron chi connectivity index (χ4n) is 7.24. The lowest BCUT2D eigenvalue weighted by Gasteiger charge is -2.63. The van der Waals surface area contributed by atoms with E-state index in [9.17, 15) is 9.90 Å². The number of fused-ring (bicyclic) bond motifs is 5. The summed E-state index contributed by atoms with van der Waals surface area (Å²) < 4.78 is 0. The van der Waals surface area contributed by atoms with Crippen LogP contribution in [-0.4, -0.2) is 34.9 Å². The molecule has 7 atom stereocenters. The molecule has 0 aromatic rings. The number of carbonyl (C=O) groups is 1. The molecule has 0 saturated heterocycles. The van der Waals surface area contributed by atoms with Crippen LogP contribution in [0.2, 0.25) is 0 Å². The summed E-state index contributed by atoms with van der Waals surface area (Å²) in [5, 5.41) is 16.3. The van der Waals surface area contributed by atoms with Gasteiger partial charge in [-0.05, 0) is 75.5 Å². The van der Waals surface area contributed by atoms with E-state index >= 15 is 0 Å². The van der Waals surface area contributed by atoms with E-state index in [1.165, 1.54) is 0 Å². The smallest absolute Gasteiger partial charge is 0.139 e. The number of nitrogens with two attached hydrogens (primary N) is 1. The summed E-state index contributed by atoms with van der Waals surface area (Å²) in [7, 11) is 0. The van der Waals surface area contributed by atoms with Gasteiger partial charge in [0.25, 0.3) is 0 Å². The molecule has 27 heavy (non-hydrogen) atoms. The Morgan fingerprint density at radius 1 is 1.19 bits per heavy atom. The summed E-state index contributed by atoms with van der Waals surface area (Å²) in [4.78, 5) is 18.0. The molecule has 5 nitrogen and oxygen atoms in total. The highest BCUT2D eigenvalue weighted by atomic mass is 16.6. The third-order valence-corrected chi connectivity index (χ3v) is 8.81. The number of aliphatic hydroxyl groups is 1. The Balaban J connectivity index is 1.53. The first-order valence-electron chi connectivity index (χ1n) is 10.9. The second-order valence-electron chi connectivity index (χ2n) is 10.4. The first kappa shape index (κ1) is 19.4. The van der Waals surface area contributed by atoms with Gasteiger partial charge in [-0.25, -0.2) is 0 Å². The Labute approximate surface area is 163 Å². The number of hydrogen-bond acceptors (Lipinski definition) is 5. The number of nitrogens with zero attached hydrogens (tertiary/aromatic N) is 1. The fraction of sp³-hybridized carbons (Fsp3) is 0.909. The van der Waals surface area contributed by atoms with E-state index in [1.54, 1.807) is 0 Å². The van der Waals surface area contributed by atoms with Gasteiger partial charge in [-0.2, -0.15) is 0 Å². The van der Waals surface area contributed by atoms with E-state index in [2.05, 4.69) is 19.0 Å². The zero-order valence-electron chi connectivity index (χ0n) is 17.2. The van der Waals surface area contributed by atoms with Crippen LogP contribution in [0.1, 0.15) is 78.6 Å². The Bertz CT molecular complexity index is 647. The van der Waals surface area contributed by atoms with Crippen LogP contribution in [0, 0.1) is 28.6 Å². The van der Waals surface area contributed by atoms with Crippen LogP contribution in [0.5, 0.6) is 0 Å². The molecule has 4 fully saturated rings. The number of carbonyl (C=O) groups excluding carboxylic acids is 1. The highest BCUT2D eigenvalue weighted by Gasteiger charge is 2.66. The van der Waals surface area contributed by atoms with Gasteiger partial charge in [-0.3, -0.25) is 4.79 Å². The molecule has 0 spiro atoms. The zero-order chi connectivity index (χ0) is 19.4. The van der Waals surface area contributed by atoms with Crippen LogP contribution in [0.4, 0.5) is 0 Å². The number of rotatable bonds is 3. The third-order valence-electron chi connectivity index (χ3n) is 8.81. The van der Waals surface area contributed by atoms with Crippen molar-refractivity contribution in [1.82, 2.24) is 0 Å². The molecular formula is C22H36N2O3. The first-order chi connectivity index (χ1) is 12.7. The molecule has 0 aromatic carbocycles. The van der Waals surface area contributed by atoms with E-state index in [0.29, 0.717) is 30.6 Å². The molecular weight excluding hydrogens is 340 g/mol. The van der Waals surface area contributed by atoms with Gasteiger partial charge in [-0.1, -0.05) is 19.0 Å². The van der Waals surface area contributed by atoms with Crippen LogP contribution in [0.25, 0.3) is 0 Å². The summed E-state index contributed by atoms with van der Waals surface area (Å²) in [6.45, 7) is 6.90. The molecule has 152 valence electrons. The standard InChI is InChI=1S/C22H36N2O3/c1-14(23)13-27-24-16-7-9-20(2)15(12-16)6-11-22(26)17-4-5-19(25)21(17,3)10-8-18(20)22/h14-15,17-18,26H,4-13,23H2,1-3H3/t14?,15-,17+,18-,20-,21-,22+/m0/s1. The minimum Gasteiger partial charge on any atom is -0.394 e. The quantitative estimate of drug-likeness (QED) is 0.739. The summed E-state index contributed by atoms with van der Waals surface area (Å²) in [6, 6.07) is -0.00133. The lowest BCUT2D eigenvalue weighted by Crippen LogP contribution is -2.63. The zero-order valence-corrected chi connectivity index (χ0v) is 17.2. The molecule has 5 heteroatoms. The Morgan fingerprint density at radius 2 is 1.96 bits per heavy atom. The minimum atomic E-state index is -0.662. The molecule has 4 aliphatic carbocycles. The predicted octanol–water partition coefficient (Wildman–Crippen LogP) is 3.43. The SMILES string of the molecule is CC(N)CON=C1CC[C@@]2(C)[C@@H](CC[C@]3(O)[C@H]2CC[C@]2(C)C(=O)CC[C@@H]32)C1. The van der Waals surface area contributed by atoms with Gasteiger partial charge in [0.1, 0.15) is 12.4 Å². The summed E-state index contributed by atoms with van der Waals surface area (Å²) >= 11 is 0. The van der Waals surface area contributed by atoms with Crippen LogP contribution in [0.15, 0.2) is 5.16 Å². The van der Waals surface area contributed by atoms with Crippen molar-refractivity contribution in [2.75, 3.05) is 6.61 Å². The number of ketones is 1. The van der Waals surface area contributed by atoms with Crippen LogP contribution in [-0.2, 0) is 9.63 Å². The normalized spacial score (nSPS) is 49.3. The van der Waals surface area contributed by atoms with Crippen molar-refractivity contribution >= 4 is 11.5 Å². The summed E-state index contributed by atoms with van der Waals surface area (Å²) in [5.41, 5.74) is 6.08. The predicted molar refractivity (Wildman–Crippen MR) is 105 cm³/mol. The average Bonchev–Trinajstić information content (AvgIpc) is 2.91. The highest BCUT2D eigenvalue weighted by Crippen LogP contribution is 2.66. The maximum Gasteiger partial charge on any atom is 0.139 e. The second kappa shape index (κ2) is 6.55. The van der Waals surface area contributed by atoms with Crippen molar-refractivity contribution in [1.29, 1.82) is 0 Å². The Morgan fingerprint density at radius 3 is 2.70 bits per heavy atom. The lowest BCUT2D eigenvalue weighted by atomic mass is 9.43. The third kappa shape index (κ3) is 2.88. The molecule has 4 aliphatic rings. The van der Waals surface area contributed by atoms with Crippen molar-refractivity contribution in [3.05, 3.63) is 0 Å². The molecule has 0 aromatic heterocycles. The fourth-order valence-corrected chi connectivity index (χ4v) is 7.24. The molecule has 0 bridgehead atoms. The maximum absolute atomic E-state index is 12.6. The Kier molecular flexibility index (Phi) is 4.70. The summed E-state index contributed by atoms with van der Waals surface area (Å²) in [5.74, 6) is 1.39. The molecule has 0 radical (unpaired) electrons. The van der Waals surface area contributed by atoms with Crippen molar-refractivity contribution in [2.45, 2.75) is 90.2 Å². The molecule has 4 rings (SSSR count). The van der Waals surface area contributed by atoms with Crippen molar-refractivity contribution in [2.24, 2.45) is 39.5 Å². The molecule has 0 heterocycles. The number of oxime groups is 1. The van der Waals surface area contributed by atoms with Gasteiger partial charge < -0.3 is 15.7 Å². The van der Waals surface area contributed by atoms with Crippen LogP contribution < -0.4 is 5.73 Å². The van der Waals surface area contributed by atoms with Crippen molar-refractivity contribution < 1.29 is 14.7 Å². The second-order valence-corrected chi connectivity index (χ2v) is 10.4. The number of hydrogen-bond donors (Lipinski definition) is 2. The van der Waals surface area contributed by atoms with Crippen LogP contribution >= 0.6 is 0 Å². The topological polar surface area (TPSA) is 84.9 Å². The highest BCUT2D eigenvalue weighted by molar-refractivity contribution is 5.87. The minimum absolute atomic E-state index is 0.00133. The molecule has 3 N–H and O–H groups in total. The number of Topliss-reactive ketones (excluding diaryl/α,β-unsaturated/α-hetero) is 1. The lowest BCUT2D eigenvalue weighted by molar-refractivity contribution is -0.211. The van der Waals surface area contributed by atoms with Crippen LogP contribution in [0.3, 0.4) is 0 Å². The van der Waals surface area contributed by atoms with Gasteiger partial charge >= 0.3 is 0 Å². The van der Waals surface area contributed by atoms with E-state index in [0.717, 1.165) is 57.1 Å². The van der Waals surface area contributed by atoms with E-state index < -0.39 is 5.60 Å². The monoisotopic (exact) mass is 376 g/mol. The van der Waals surface area contributed by atoms with Crippen molar-refractivity contribution in [3.63, 3.8) is 0 Å². The average molecular weight is 377 g/mol. The van der Waals surface area contributed by atoms with Gasteiger partial charge in [0.05, 0.1) is 11.3 Å². The van der Waals surface area contributed by atoms with E-state index in [-0.39, 0.29) is 22.8 Å². The molecule has 0 aliphatic heterocycles. The molecule has 4 saturated carbocycles. The Hall–Kier alpha value is -0.940. The summed E-state index contributed by atoms with van der Waals surface area (Å²) in [6.07, 6.45) is 8.30. The van der Waals surface area contributed by atoms with Crippen molar-refractivity contribution in [3.8, 4) is 0 Å². The first-order valence-corrected chi connectivity index (χ1v) is 10.9. The maximum atomic E-state index is 12.6. The van der Waals surface area contributed by atoms with Gasteiger partial charge in [0, 0.05) is 23.8 Å². The van der Waals surface area contributed by atoms with Gasteiger partial charge in [0.15, 0.2) is 0 Å². The van der Waals surface area contributed by atoms with Gasteiger partial charge in [-0.15, -0.1) is 0 Å². The molecule has 1 unspecified atom stereocenters. The van der Waals surface area contributed by atoms with Gasteiger partial charge in [0.2, 0.25) is 0 Å². The largest absolute Gasteiger partial charge is 0.394 e. The van der Waals surface area contributed by atoms with E-state index in [4.69, 9.17) is 10.6 Å². The van der Waals surface area contributed by atoms with E-state index in [1.807, 2.05) is 6.92 Å².